The summed E-state index contributed by atoms with van der Waals surface area (Å²) in [5.74, 6) is 0.610. The molecular formula is C37H53N7O2S. The minimum atomic E-state index is -0.294. The lowest BCUT2D eigenvalue weighted by Gasteiger charge is -2.40. The van der Waals surface area contributed by atoms with Gasteiger partial charge in [0.05, 0.1) is 11.8 Å². The Bertz CT molecular complexity index is 1620. The number of allylic oxidation sites excluding steroid dienone is 1. The van der Waals surface area contributed by atoms with Gasteiger partial charge < -0.3 is 25.3 Å². The Kier molecular flexibility index (Phi) is 9.86. The summed E-state index contributed by atoms with van der Waals surface area (Å²) < 4.78 is 13.5. The Labute approximate surface area is 285 Å². The van der Waals surface area contributed by atoms with Crippen LogP contribution in [0.1, 0.15) is 66.1 Å². The third-order valence-corrected chi connectivity index (χ3v) is 11.6. The molecule has 0 radical (unpaired) electrons. The summed E-state index contributed by atoms with van der Waals surface area (Å²) in [4.78, 5) is 18.2. The molecule has 1 saturated heterocycles. The molecule has 1 aromatic heterocycles. The second-order valence-electron chi connectivity index (χ2n) is 14.2. The number of benzene rings is 1. The lowest BCUT2D eigenvalue weighted by Crippen LogP contribution is -2.41. The highest BCUT2D eigenvalue weighted by molar-refractivity contribution is 7.95. The number of hydrogen-bond acceptors (Lipinski definition) is 8. The Hall–Kier alpha value is -3.18. The Morgan fingerprint density at radius 1 is 1.19 bits per heavy atom. The first-order valence-corrected chi connectivity index (χ1v) is 17.8. The van der Waals surface area contributed by atoms with Gasteiger partial charge in [-0.15, -0.1) is 0 Å². The third kappa shape index (κ3) is 6.14. The zero-order valence-corrected chi connectivity index (χ0v) is 29.9. The van der Waals surface area contributed by atoms with Crippen molar-refractivity contribution in [1.82, 2.24) is 28.7 Å². The van der Waals surface area contributed by atoms with Crippen molar-refractivity contribution < 1.29 is 9.53 Å². The van der Waals surface area contributed by atoms with Gasteiger partial charge in [0, 0.05) is 112 Å². The minimum Gasteiger partial charge on any atom is -0.403 e. The summed E-state index contributed by atoms with van der Waals surface area (Å²) in [7, 11) is 11.9. The Morgan fingerprint density at radius 2 is 1.96 bits per heavy atom. The van der Waals surface area contributed by atoms with E-state index < -0.39 is 0 Å². The fourth-order valence-electron chi connectivity index (χ4n) is 8.63. The first-order valence-electron chi connectivity index (χ1n) is 17.1. The topological polar surface area (TPSA) is 91.0 Å². The summed E-state index contributed by atoms with van der Waals surface area (Å²) in [6, 6.07) is 6.37. The molecule has 0 bridgehead atoms. The number of fused-ring (bicyclic) bond motifs is 7. The molecule has 3 heterocycles. The van der Waals surface area contributed by atoms with E-state index in [1.807, 2.05) is 38.6 Å². The number of ether oxygens (including phenoxy) is 1. The van der Waals surface area contributed by atoms with Crippen LogP contribution < -0.4 is 15.8 Å². The maximum Gasteiger partial charge on any atom is 0.262 e. The largest absolute Gasteiger partial charge is 0.403 e. The molecule has 9 nitrogen and oxygen atoms in total. The fraction of sp³-hybridized carbons (Fsp3) is 0.541. The zero-order chi connectivity index (χ0) is 33.5. The zero-order valence-electron chi connectivity index (χ0n) is 29.1. The van der Waals surface area contributed by atoms with Crippen molar-refractivity contribution in [3.05, 3.63) is 76.9 Å². The van der Waals surface area contributed by atoms with Crippen LogP contribution in [0.25, 0.3) is 16.5 Å². The number of methoxy groups -OCH3 is 1. The van der Waals surface area contributed by atoms with Crippen LogP contribution in [0.15, 0.2) is 60.1 Å². The van der Waals surface area contributed by atoms with E-state index in [4.69, 9.17) is 17.0 Å². The van der Waals surface area contributed by atoms with Crippen LogP contribution in [-0.4, -0.2) is 92.7 Å². The highest BCUT2D eigenvalue weighted by atomic mass is 32.2. The van der Waals surface area contributed by atoms with Crippen molar-refractivity contribution in [3.8, 4) is 0 Å². The average molecular weight is 660 g/mol. The number of aromatic nitrogens is 1. The van der Waals surface area contributed by atoms with Crippen LogP contribution in [-0.2, 0) is 11.3 Å². The van der Waals surface area contributed by atoms with Crippen molar-refractivity contribution in [2.24, 2.45) is 17.1 Å². The predicted molar refractivity (Wildman–Crippen MR) is 195 cm³/mol. The van der Waals surface area contributed by atoms with Gasteiger partial charge in [0.25, 0.3) is 5.91 Å². The van der Waals surface area contributed by atoms with E-state index in [0.717, 1.165) is 49.5 Å². The lowest BCUT2D eigenvalue weighted by molar-refractivity contribution is 0.0983. The number of carbonyl (C=O) groups excluding carboxylic acids is 1. The van der Waals surface area contributed by atoms with Gasteiger partial charge in [-0.3, -0.25) is 14.4 Å². The first-order chi connectivity index (χ1) is 22.6. The molecule has 2 aliphatic carbocycles. The predicted octanol–water partition coefficient (Wildman–Crippen LogP) is 5.30. The fourth-order valence-corrected chi connectivity index (χ4v) is 9.01. The number of hydrogen-bond donors (Lipinski definition) is 3. The molecule has 6 rings (SSSR count). The van der Waals surface area contributed by atoms with E-state index >= 15 is 0 Å². The standard InChI is InChI=1S/C37H53N7O2S/c1-24(41(3)4)37-22-43(20-27(19-38)39-2)21-32(37)31-18-28(46-7)14-16-29(31)35-34(25-11-9-8-10-12-25)30-15-13-26(17-33(30)44(35)23-37)36(45)40-47-42(5)6/h13,15-19,25,28,32,39H,1,8-12,14,20-23,38H2,2-7H3,(H,40,45)/b27-19-. The molecule has 0 spiro atoms. The van der Waals surface area contributed by atoms with Gasteiger partial charge in [-0.25, -0.2) is 4.31 Å². The van der Waals surface area contributed by atoms with Crippen LogP contribution in [0.4, 0.5) is 0 Å². The molecule has 10 heteroatoms. The van der Waals surface area contributed by atoms with Crippen molar-refractivity contribution >= 4 is 34.5 Å². The van der Waals surface area contributed by atoms with Crippen LogP contribution >= 0.6 is 12.1 Å². The number of likely N-dealkylation sites (tertiary alicyclic amines) is 1. The number of amides is 1. The maximum atomic E-state index is 13.4. The van der Waals surface area contributed by atoms with Crippen LogP contribution in [0, 0.1) is 11.3 Å². The molecular weight excluding hydrogens is 607 g/mol. The second kappa shape index (κ2) is 13.7. The van der Waals surface area contributed by atoms with Gasteiger partial charge in [-0.05, 0) is 68.1 Å². The summed E-state index contributed by atoms with van der Waals surface area (Å²) in [6.45, 7) is 8.05. The monoisotopic (exact) mass is 659 g/mol. The molecule has 2 fully saturated rings. The van der Waals surface area contributed by atoms with Crippen molar-refractivity contribution in [1.29, 1.82) is 0 Å². The van der Waals surface area contributed by atoms with E-state index in [2.05, 4.69) is 62.8 Å². The molecule has 254 valence electrons. The van der Waals surface area contributed by atoms with E-state index in [9.17, 15) is 4.79 Å². The highest BCUT2D eigenvalue weighted by Crippen LogP contribution is 2.56. The molecule has 3 atom stereocenters. The summed E-state index contributed by atoms with van der Waals surface area (Å²) >= 11 is 1.30. The van der Waals surface area contributed by atoms with Gasteiger partial charge in [-0.2, -0.15) is 0 Å². The van der Waals surface area contributed by atoms with Gasteiger partial charge >= 0.3 is 0 Å². The molecule has 2 aliphatic heterocycles. The lowest BCUT2D eigenvalue weighted by atomic mass is 9.69. The summed E-state index contributed by atoms with van der Waals surface area (Å²) in [5.41, 5.74) is 15.2. The Morgan fingerprint density at radius 3 is 2.62 bits per heavy atom. The SMILES string of the molecule is C=C(N(C)C)C12CN(C/C(=C/N)NC)CC1C1=CC(OC)CC=C1c1c(C3CCCCC3)c3ccc(C(=O)NSN(C)C)cc3n1C2. The van der Waals surface area contributed by atoms with Crippen molar-refractivity contribution in [2.45, 2.75) is 57.1 Å². The maximum absolute atomic E-state index is 13.4. The minimum absolute atomic E-state index is 0.0310. The normalized spacial score (nSPS) is 25.0. The molecule has 1 amide bonds. The molecule has 2 aromatic rings. The first kappa shape index (κ1) is 33.7. The number of nitrogens with one attached hydrogen (secondary N) is 2. The van der Waals surface area contributed by atoms with Gasteiger partial charge in [0.1, 0.15) is 0 Å². The van der Waals surface area contributed by atoms with E-state index in [0.29, 0.717) is 11.5 Å². The smallest absolute Gasteiger partial charge is 0.262 e. The number of carbonyl (C=O) groups is 1. The van der Waals surface area contributed by atoms with Gasteiger partial charge in [-0.1, -0.05) is 44.1 Å². The van der Waals surface area contributed by atoms with Crippen LogP contribution in [0.5, 0.6) is 0 Å². The van der Waals surface area contributed by atoms with Gasteiger partial charge in [0.15, 0.2) is 0 Å². The second-order valence-corrected chi connectivity index (χ2v) is 15.3. The summed E-state index contributed by atoms with van der Waals surface area (Å²) in [6.07, 6.45) is 13.6. The number of likely N-dealkylation sites (N-methyl/N-ethyl adjacent to an activating group) is 1. The average Bonchev–Trinajstić information content (AvgIpc) is 3.57. The van der Waals surface area contributed by atoms with Gasteiger partial charge in [0.2, 0.25) is 0 Å². The quantitative estimate of drug-likeness (QED) is 0.296. The van der Waals surface area contributed by atoms with Crippen LogP contribution in [0.3, 0.4) is 0 Å². The van der Waals surface area contributed by atoms with E-state index in [-0.39, 0.29) is 23.3 Å². The number of rotatable bonds is 10. The number of nitrogens with zero attached hydrogens (tertiary/aromatic N) is 4. The summed E-state index contributed by atoms with van der Waals surface area (Å²) in [5, 5.41) is 4.57. The third-order valence-electron chi connectivity index (χ3n) is 10.9. The molecule has 4 aliphatic rings. The molecule has 3 unspecified atom stereocenters. The highest BCUT2D eigenvalue weighted by Gasteiger charge is 2.54. The van der Waals surface area contributed by atoms with Crippen molar-refractivity contribution in [2.75, 3.05) is 62.0 Å². The molecule has 47 heavy (non-hydrogen) atoms. The van der Waals surface area contributed by atoms with E-state index in [1.54, 1.807) is 6.20 Å². The van der Waals surface area contributed by atoms with E-state index in [1.165, 1.54) is 72.0 Å². The number of nitrogens with two attached hydrogens (primary N) is 1. The van der Waals surface area contributed by atoms with Crippen LogP contribution in [0.2, 0.25) is 0 Å². The molecule has 4 N–H and O–H groups in total. The molecule has 1 saturated carbocycles. The molecule has 1 aromatic carbocycles. The van der Waals surface area contributed by atoms with Crippen molar-refractivity contribution in [3.63, 3.8) is 0 Å². The Balaban J connectivity index is 1.61.